The van der Waals surface area contributed by atoms with Gasteiger partial charge in [0.25, 0.3) is 5.91 Å². The molecule has 0 saturated carbocycles. The Morgan fingerprint density at radius 1 is 1.44 bits per heavy atom. The van der Waals surface area contributed by atoms with Gasteiger partial charge in [-0.1, -0.05) is 23.5 Å². The monoisotopic (exact) mass is 263 g/mol. The van der Waals surface area contributed by atoms with Crippen molar-refractivity contribution in [2.24, 2.45) is 0 Å². The SMILES string of the molecule is COc1ccccc1C(=O)Nc1nc(C)c(N)s1. The number of ether oxygens (including phenoxy) is 1. The van der Waals surface area contributed by atoms with Crippen LogP contribution in [0.15, 0.2) is 24.3 Å². The van der Waals surface area contributed by atoms with Crippen molar-refractivity contribution in [2.45, 2.75) is 6.92 Å². The first-order valence-electron chi connectivity index (χ1n) is 5.29. The Balaban J connectivity index is 2.22. The summed E-state index contributed by atoms with van der Waals surface area (Å²) in [7, 11) is 1.53. The number of thiazole rings is 1. The molecule has 0 fully saturated rings. The molecule has 1 aromatic carbocycles. The smallest absolute Gasteiger partial charge is 0.261 e. The molecule has 0 unspecified atom stereocenters. The van der Waals surface area contributed by atoms with Gasteiger partial charge in [-0.3, -0.25) is 10.1 Å². The molecular formula is C12H13N3O2S. The summed E-state index contributed by atoms with van der Waals surface area (Å²) in [4.78, 5) is 16.2. The van der Waals surface area contributed by atoms with Gasteiger partial charge >= 0.3 is 0 Å². The number of nitrogens with zero attached hydrogens (tertiary/aromatic N) is 1. The summed E-state index contributed by atoms with van der Waals surface area (Å²) in [6.45, 7) is 1.80. The molecule has 5 nitrogen and oxygen atoms in total. The van der Waals surface area contributed by atoms with Gasteiger partial charge in [0.05, 0.1) is 18.4 Å². The first-order valence-corrected chi connectivity index (χ1v) is 6.10. The van der Waals surface area contributed by atoms with E-state index in [1.165, 1.54) is 18.4 Å². The Hall–Kier alpha value is -2.08. The first-order chi connectivity index (χ1) is 8.61. The summed E-state index contributed by atoms with van der Waals surface area (Å²) in [5.41, 5.74) is 6.87. The van der Waals surface area contributed by atoms with Crippen LogP contribution in [-0.4, -0.2) is 18.0 Å². The predicted octanol–water partition coefficient (Wildman–Crippen LogP) is 2.29. The Morgan fingerprint density at radius 2 is 2.17 bits per heavy atom. The largest absolute Gasteiger partial charge is 0.496 e. The molecule has 0 saturated heterocycles. The van der Waals surface area contributed by atoms with Crippen molar-refractivity contribution in [3.8, 4) is 5.75 Å². The summed E-state index contributed by atoms with van der Waals surface area (Å²) in [5.74, 6) is 0.262. The van der Waals surface area contributed by atoms with E-state index in [4.69, 9.17) is 10.5 Å². The van der Waals surface area contributed by atoms with Crippen molar-refractivity contribution in [1.82, 2.24) is 4.98 Å². The number of nitrogens with two attached hydrogens (primary N) is 1. The maximum atomic E-state index is 12.0. The highest BCUT2D eigenvalue weighted by Crippen LogP contribution is 2.26. The zero-order valence-corrected chi connectivity index (χ0v) is 10.9. The number of hydrogen-bond acceptors (Lipinski definition) is 5. The average molecular weight is 263 g/mol. The number of amides is 1. The van der Waals surface area contributed by atoms with Gasteiger partial charge in [-0.25, -0.2) is 4.98 Å². The van der Waals surface area contributed by atoms with E-state index in [1.54, 1.807) is 31.2 Å². The molecule has 0 aliphatic heterocycles. The molecule has 0 radical (unpaired) electrons. The van der Waals surface area contributed by atoms with Crippen molar-refractivity contribution in [3.63, 3.8) is 0 Å². The van der Waals surface area contributed by atoms with E-state index in [1.807, 2.05) is 0 Å². The Bertz CT molecular complexity index is 561. The van der Waals surface area contributed by atoms with E-state index in [0.717, 1.165) is 5.69 Å². The number of aryl methyl sites for hydroxylation is 1. The highest BCUT2D eigenvalue weighted by molar-refractivity contribution is 7.19. The summed E-state index contributed by atoms with van der Waals surface area (Å²) in [5, 5.41) is 3.79. The molecule has 2 aromatic rings. The molecule has 0 spiro atoms. The van der Waals surface area contributed by atoms with Crippen molar-refractivity contribution >= 4 is 27.4 Å². The number of para-hydroxylation sites is 1. The standard InChI is InChI=1S/C12H13N3O2S/c1-7-10(13)18-12(14-7)15-11(16)8-5-3-4-6-9(8)17-2/h3-6H,13H2,1-2H3,(H,14,15,16). The highest BCUT2D eigenvalue weighted by atomic mass is 32.1. The number of hydrogen-bond donors (Lipinski definition) is 2. The molecule has 94 valence electrons. The molecule has 0 aliphatic rings. The highest BCUT2D eigenvalue weighted by Gasteiger charge is 2.13. The molecule has 18 heavy (non-hydrogen) atoms. The van der Waals surface area contributed by atoms with Gasteiger partial charge in [-0.05, 0) is 19.1 Å². The molecule has 0 aliphatic carbocycles. The third kappa shape index (κ3) is 2.43. The fourth-order valence-electron chi connectivity index (χ4n) is 1.46. The fourth-order valence-corrected chi connectivity index (χ4v) is 2.19. The number of aromatic nitrogens is 1. The van der Waals surface area contributed by atoms with E-state index < -0.39 is 0 Å². The number of benzene rings is 1. The predicted molar refractivity (Wildman–Crippen MR) is 72.2 cm³/mol. The Morgan fingerprint density at radius 3 is 2.78 bits per heavy atom. The quantitative estimate of drug-likeness (QED) is 0.890. The van der Waals surface area contributed by atoms with Crippen molar-refractivity contribution in [3.05, 3.63) is 35.5 Å². The van der Waals surface area contributed by atoms with Crippen LogP contribution in [0.2, 0.25) is 0 Å². The molecule has 0 bridgehead atoms. The average Bonchev–Trinajstić information content (AvgIpc) is 2.68. The molecule has 0 atom stereocenters. The van der Waals surface area contributed by atoms with Gasteiger partial charge in [0.2, 0.25) is 0 Å². The maximum Gasteiger partial charge on any atom is 0.261 e. The topological polar surface area (TPSA) is 77.2 Å². The minimum Gasteiger partial charge on any atom is -0.496 e. The van der Waals surface area contributed by atoms with Gasteiger partial charge < -0.3 is 10.5 Å². The van der Waals surface area contributed by atoms with Crippen LogP contribution in [0.25, 0.3) is 0 Å². The van der Waals surface area contributed by atoms with E-state index in [2.05, 4.69) is 10.3 Å². The molecule has 3 N–H and O–H groups in total. The van der Waals surface area contributed by atoms with Crippen LogP contribution >= 0.6 is 11.3 Å². The summed E-state index contributed by atoms with van der Waals surface area (Å²) < 4.78 is 5.13. The van der Waals surface area contributed by atoms with Crippen LogP contribution in [0.4, 0.5) is 10.1 Å². The lowest BCUT2D eigenvalue weighted by Gasteiger charge is -2.06. The summed E-state index contributed by atoms with van der Waals surface area (Å²) in [6.07, 6.45) is 0. The number of methoxy groups -OCH3 is 1. The summed E-state index contributed by atoms with van der Waals surface area (Å²) in [6, 6.07) is 7.01. The zero-order valence-electron chi connectivity index (χ0n) is 10.1. The van der Waals surface area contributed by atoms with E-state index in [-0.39, 0.29) is 5.91 Å². The minimum absolute atomic E-state index is 0.263. The first kappa shape index (κ1) is 12.4. The number of rotatable bonds is 3. The van der Waals surface area contributed by atoms with Crippen LogP contribution in [-0.2, 0) is 0 Å². The molecular weight excluding hydrogens is 250 g/mol. The molecule has 1 heterocycles. The van der Waals surface area contributed by atoms with Gasteiger partial charge in [-0.15, -0.1) is 0 Å². The van der Waals surface area contributed by atoms with Crippen LogP contribution in [0.1, 0.15) is 16.1 Å². The third-order valence-corrected chi connectivity index (χ3v) is 3.31. The number of carbonyl (C=O) groups is 1. The lowest BCUT2D eigenvalue weighted by atomic mass is 10.2. The van der Waals surface area contributed by atoms with Gasteiger partial charge in [0, 0.05) is 0 Å². The van der Waals surface area contributed by atoms with E-state index in [9.17, 15) is 4.79 Å². The number of nitrogens with one attached hydrogen (secondary N) is 1. The Labute approximate surface area is 109 Å². The van der Waals surface area contributed by atoms with E-state index >= 15 is 0 Å². The van der Waals surface area contributed by atoms with Crippen molar-refractivity contribution in [1.29, 1.82) is 0 Å². The number of carbonyl (C=O) groups excluding carboxylic acids is 1. The lowest BCUT2D eigenvalue weighted by Crippen LogP contribution is -2.12. The second kappa shape index (κ2) is 5.05. The Kier molecular flexibility index (Phi) is 3.47. The molecule has 6 heteroatoms. The van der Waals surface area contributed by atoms with Crippen molar-refractivity contribution < 1.29 is 9.53 Å². The van der Waals surface area contributed by atoms with Crippen LogP contribution in [0.5, 0.6) is 5.75 Å². The van der Waals surface area contributed by atoms with E-state index in [0.29, 0.717) is 21.4 Å². The van der Waals surface area contributed by atoms with Crippen molar-refractivity contribution in [2.75, 3.05) is 18.2 Å². The number of nitrogen functional groups attached to an aromatic ring is 1. The second-order valence-corrected chi connectivity index (χ2v) is 4.65. The van der Waals surface area contributed by atoms with Crippen LogP contribution in [0.3, 0.4) is 0 Å². The normalized spacial score (nSPS) is 10.1. The third-order valence-electron chi connectivity index (χ3n) is 2.40. The molecule has 2 rings (SSSR count). The van der Waals surface area contributed by atoms with Crippen LogP contribution in [0, 0.1) is 6.92 Å². The fraction of sp³-hybridized carbons (Fsp3) is 0.167. The van der Waals surface area contributed by atoms with Gasteiger partial charge in [-0.2, -0.15) is 0 Å². The number of anilines is 2. The van der Waals surface area contributed by atoms with Gasteiger partial charge in [0.15, 0.2) is 5.13 Å². The zero-order chi connectivity index (χ0) is 13.1. The molecule has 1 amide bonds. The summed E-state index contributed by atoms with van der Waals surface area (Å²) >= 11 is 1.24. The van der Waals surface area contributed by atoms with Gasteiger partial charge in [0.1, 0.15) is 10.8 Å². The van der Waals surface area contributed by atoms with Crippen LogP contribution < -0.4 is 15.8 Å². The molecule has 1 aromatic heterocycles. The maximum absolute atomic E-state index is 12.0. The lowest BCUT2D eigenvalue weighted by molar-refractivity contribution is 0.102. The minimum atomic E-state index is -0.263. The second-order valence-electron chi connectivity index (χ2n) is 3.62.